The summed E-state index contributed by atoms with van der Waals surface area (Å²) < 4.78 is 30.5. The molecule has 1 aromatic rings. The predicted molar refractivity (Wildman–Crippen MR) is 93.7 cm³/mol. The first-order valence-electron chi connectivity index (χ1n) is 8.62. The summed E-state index contributed by atoms with van der Waals surface area (Å²) in [6.45, 7) is 1.96. The van der Waals surface area contributed by atoms with Gasteiger partial charge in [0.15, 0.2) is 0 Å². The molecule has 2 aliphatic rings. The molecule has 0 saturated heterocycles. The molecule has 0 spiro atoms. The van der Waals surface area contributed by atoms with E-state index in [4.69, 9.17) is 0 Å². The van der Waals surface area contributed by atoms with Crippen LogP contribution in [0, 0.1) is 6.92 Å². The SMILES string of the molecule is Cc1csc(C2(NS(=O)(=O)N(C)C3CCCCC3)CCCC2)n1. The minimum Gasteiger partial charge on any atom is -0.245 e. The standard InChI is InChI=1S/C16H27N3O2S2/c1-13-12-22-15(17-13)16(10-6-7-11-16)18-23(20,21)19(2)14-8-4-3-5-9-14/h12,14,18H,3-11H2,1-2H3. The van der Waals surface area contributed by atoms with Crippen LogP contribution in [0.1, 0.15) is 68.5 Å². The lowest BCUT2D eigenvalue weighted by atomic mass is 9.96. The largest absolute Gasteiger partial charge is 0.280 e. The summed E-state index contributed by atoms with van der Waals surface area (Å²) in [5.41, 5.74) is 0.469. The Bertz CT molecular complexity index is 630. The van der Waals surface area contributed by atoms with Crippen LogP contribution in [0.25, 0.3) is 0 Å². The van der Waals surface area contributed by atoms with E-state index in [-0.39, 0.29) is 6.04 Å². The second kappa shape index (κ2) is 6.78. The third-order valence-corrected chi connectivity index (χ3v) is 8.15. The monoisotopic (exact) mass is 357 g/mol. The first-order chi connectivity index (χ1) is 10.9. The summed E-state index contributed by atoms with van der Waals surface area (Å²) in [4.78, 5) is 4.59. The Morgan fingerprint density at radius 2 is 1.87 bits per heavy atom. The van der Waals surface area contributed by atoms with Gasteiger partial charge in [-0.15, -0.1) is 11.3 Å². The Balaban J connectivity index is 1.81. The zero-order chi connectivity index (χ0) is 16.5. The minimum atomic E-state index is -3.49. The van der Waals surface area contributed by atoms with Crippen molar-refractivity contribution in [3.8, 4) is 0 Å². The van der Waals surface area contributed by atoms with E-state index >= 15 is 0 Å². The van der Waals surface area contributed by atoms with E-state index in [1.54, 1.807) is 22.7 Å². The zero-order valence-electron chi connectivity index (χ0n) is 14.0. The van der Waals surface area contributed by atoms with Crippen molar-refractivity contribution in [3.63, 3.8) is 0 Å². The topological polar surface area (TPSA) is 62.3 Å². The number of hydrogen-bond donors (Lipinski definition) is 1. The highest BCUT2D eigenvalue weighted by atomic mass is 32.2. The molecule has 0 aromatic carbocycles. The van der Waals surface area contributed by atoms with Crippen LogP contribution in [-0.4, -0.2) is 30.8 Å². The number of aryl methyl sites for hydroxylation is 1. The van der Waals surface area contributed by atoms with Crippen LogP contribution >= 0.6 is 11.3 Å². The Labute approximate surface area is 143 Å². The first kappa shape index (κ1) is 17.3. The van der Waals surface area contributed by atoms with Gasteiger partial charge in [0.05, 0.1) is 5.54 Å². The van der Waals surface area contributed by atoms with Crippen LogP contribution in [0.5, 0.6) is 0 Å². The number of rotatable bonds is 5. The number of thiazole rings is 1. The van der Waals surface area contributed by atoms with Crippen molar-refractivity contribution in [2.75, 3.05) is 7.05 Å². The fraction of sp³-hybridized carbons (Fsp3) is 0.812. The van der Waals surface area contributed by atoms with Crippen molar-refractivity contribution in [2.45, 2.75) is 76.3 Å². The van der Waals surface area contributed by atoms with Gasteiger partial charge in [0.1, 0.15) is 5.01 Å². The summed E-state index contributed by atoms with van der Waals surface area (Å²) in [6.07, 6.45) is 9.21. The maximum atomic E-state index is 13.0. The molecule has 1 heterocycles. The van der Waals surface area contributed by atoms with Crippen LogP contribution in [0.2, 0.25) is 0 Å². The molecule has 0 bridgehead atoms. The summed E-state index contributed by atoms with van der Waals surface area (Å²) in [6, 6.07) is 0.137. The van der Waals surface area contributed by atoms with Gasteiger partial charge in [-0.05, 0) is 32.6 Å². The van der Waals surface area contributed by atoms with E-state index in [0.29, 0.717) is 0 Å². The lowest BCUT2D eigenvalue weighted by molar-refractivity contribution is 0.274. The molecule has 0 amide bonds. The van der Waals surface area contributed by atoms with Crippen molar-refractivity contribution in [1.29, 1.82) is 0 Å². The maximum Gasteiger partial charge on any atom is 0.280 e. The first-order valence-corrected chi connectivity index (χ1v) is 10.9. The van der Waals surface area contributed by atoms with Gasteiger partial charge in [-0.25, -0.2) is 4.98 Å². The van der Waals surface area contributed by atoms with Gasteiger partial charge in [0.2, 0.25) is 0 Å². The molecule has 0 aliphatic heterocycles. The lowest BCUT2D eigenvalue weighted by Gasteiger charge is -2.35. The lowest BCUT2D eigenvalue weighted by Crippen LogP contribution is -2.52. The van der Waals surface area contributed by atoms with Gasteiger partial charge in [0, 0.05) is 24.2 Å². The third-order valence-electron chi connectivity index (χ3n) is 5.28. The smallest absolute Gasteiger partial charge is 0.245 e. The van der Waals surface area contributed by atoms with Crippen molar-refractivity contribution in [1.82, 2.24) is 14.0 Å². The van der Waals surface area contributed by atoms with E-state index in [2.05, 4.69) is 9.71 Å². The summed E-state index contributed by atoms with van der Waals surface area (Å²) in [7, 11) is -1.76. The van der Waals surface area contributed by atoms with Crippen molar-refractivity contribution >= 4 is 21.5 Å². The summed E-state index contributed by atoms with van der Waals surface area (Å²) in [5, 5.41) is 2.93. The molecule has 0 unspecified atom stereocenters. The summed E-state index contributed by atoms with van der Waals surface area (Å²) in [5.74, 6) is 0. The van der Waals surface area contributed by atoms with Crippen molar-refractivity contribution in [2.24, 2.45) is 0 Å². The third kappa shape index (κ3) is 3.62. The molecule has 7 heteroatoms. The predicted octanol–water partition coefficient (Wildman–Crippen LogP) is 3.32. The second-order valence-electron chi connectivity index (χ2n) is 7.00. The van der Waals surface area contributed by atoms with E-state index < -0.39 is 15.7 Å². The molecule has 0 radical (unpaired) electrons. The van der Waals surface area contributed by atoms with Gasteiger partial charge in [-0.3, -0.25) is 0 Å². The normalized spacial score (nSPS) is 22.7. The van der Waals surface area contributed by atoms with Crippen LogP contribution in [0.15, 0.2) is 5.38 Å². The average Bonchev–Trinajstić information content (AvgIpc) is 3.17. The van der Waals surface area contributed by atoms with E-state index in [0.717, 1.165) is 62.1 Å². The molecule has 1 N–H and O–H groups in total. The molecule has 1 aromatic heterocycles. The fourth-order valence-electron chi connectivity index (χ4n) is 3.87. The second-order valence-corrected chi connectivity index (χ2v) is 9.59. The Morgan fingerprint density at radius 3 is 2.43 bits per heavy atom. The van der Waals surface area contributed by atoms with E-state index in [9.17, 15) is 8.42 Å². The Hall–Kier alpha value is -0.500. The van der Waals surface area contributed by atoms with Crippen molar-refractivity contribution in [3.05, 3.63) is 16.1 Å². The molecule has 2 aliphatic carbocycles. The van der Waals surface area contributed by atoms with Gasteiger partial charge in [0.25, 0.3) is 10.2 Å². The highest BCUT2D eigenvalue weighted by Gasteiger charge is 2.43. The molecule has 23 heavy (non-hydrogen) atoms. The molecule has 3 rings (SSSR count). The number of hydrogen-bond acceptors (Lipinski definition) is 4. The molecule has 2 saturated carbocycles. The number of aromatic nitrogens is 1. The van der Waals surface area contributed by atoms with Crippen LogP contribution in [0.4, 0.5) is 0 Å². The van der Waals surface area contributed by atoms with Gasteiger partial charge >= 0.3 is 0 Å². The maximum absolute atomic E-state index is 13.0. The zero-order valence-corrected chi connectivity index (χ0v) is 15.7. The quantitative estimate of drug-likeness (QED) is 0.879. The Morgan fingerprint density at radius 1 is 1.22 bits per heavy atom. The van der Waals surface area contributed by atoms with E-state index in [1.165, 1.54) is 6.42 Å². The van der Waals surface area contributed by atoms with Crippen LogP contribution in [0.3, 0.4) is 0 Å². The number of nitrogens with one attached hydrogen (secondary N) is 1. The molecule has 2 fully saturated rings. The molecule has 0 atom stereocenters. The van der Waals surface area contributed by atoms with E-state index in [1.807, 2.05) is 12.3 Å². The average molecular weight is 358 g/mol. The molecular formula is C16H27N3O2S2. The minimum absolute atomic E-state index is 0.137. The molecular weight excluding hydrogens is 330 g/mol. The molecule has 130 valence electrons. The van der Waals surface area contributed by atoms with Gasteiger partial charge in [-0.1, -0.05) is 32.1 Å². The number of nitrogens with zero attached hydrogens (tertiary/aromatic N) is 2. The highest BCUT2D eigenvalue weighted by molar-refractivity contribution is 7.87. The highest BCUT2D eigenvalue weighted by Crippen LogP contribution is 2.41. The van der Waals surface area contributed by atoms with Gasteiger partial charge < -0.3 is 0 Å². The Kier molecular flexibility index (Phi) is 5.11. The van der Waals surface area contributed by atoms with Crippen molar-refractivity contribution < 1.29 is 8.42 Å². The van der Waals surface area contributed by atoms with Gasteiger partial charge in [-0.2, -0.15) is 17.4 Å². The molecule has 5 nitrogen and oxygen atoms in total. The van der Waals surface area contributed by atoms with Crippen LogP contribution < -0.4 is 4.72 Å². The summed E-state index contributed by atoms with van der Waals surface area (Å²) >= 11 is 1.58. The van der Waals surface area contributed by atoms with Crippen LogP contribution in [-0.2, 0) is 15.7 Å². The fourth-order valence-corrected chi connectivity index (χ4v) is 6.49.